The molecule has 0 spiro atoms. The molecule has 9 heteroatoms. The van der Waals surface area contributed by atoms with Crippen molar-refractivity contribution in [3.05, 3.63) is 27.8 Å². The van der Waals surface area contributed by atoms with Gasteiger partial charge in [0.05, 0.1) is 11.1 Å². The van der Waals surface area contributed by atoms with Crippen molar-refractivity contribution >= 4 is 38.2 Å². The van der Waals surface area contributed by atoms with Crippen LogP contribution in [0.15, 0.2) is 10.3 Å². The number of H-pyrrole nitrogens is 1. The van der Waals surface area contributed by atoms with Crippen molar-refractivity contribution in [3.8, 4) is 0 Å². The van der Waals surface area contributed by atoms with Crippen molar-refractivity contribution in [2.75, 3.05) is 4.72 Å². The molecule has 0 aromatic carbocycles. The molecule has 3 rings (SSSR count). The van der Waals surface area contributed by atoms with Gasteiger partial charge in [-0.1, -0.05) is 0 Å². The number of hydrogen-bond acceptors (Lipinski definition) is 6. The number of fused-ring (bicyclic) bond motifs is 1. The van der Waals surface area contributed by atoms with Crippen molar-refractivity contribution in [2.45, 2.75) is 31.9 Å². The topological polar surface area (TPSA) is 101 Å². The number of nitrogens with one attached hydrogen (secondary N) is 2. The van der Waals surface area contributed by atoms with Crippen molar-refractivity contribution in [1.82, 2.24) is 20.4 Å². The molecule has 0 saturated carbocycles. The Balaban J connectivity index is 2.08. The zero-order valence-electron chi connectivity index (χ0n) is 12.6. The van der Waals surface area contributed by atoms with E-state index < -0.39 is 10.0 Å². The molecular weight excluding hydrogens is 322 g/mol. The van der Waals surface area contributed by atoms with Gasteiger partial charge in [-0.2, -0.15) is 10.2 Å². The average Bonchev–Trinajstić information content (AvgIpc) is 2.99. The van der Waals surface area contributed by atoms with Gasteiger partial charge in [-0.15, -0.1) is 16.4 Å². The van der Waals surface area contributed by atoms with E-state index in [0.717, 1.165) is 21.7 Å². The van der Waals surface area contributed by atoms with Crippen molar-refractivity contribution in [2.24, 2.45) is 0 Å². The van der Waals surface area contributed by atoms with E-state index >= 15 is 0 Å². The molecule has 0 saturated heterocycles. The van der Waals surface area contributed by atoms with E-state index in [9.17, 15) is 8.42 Å². The highest BCUT2D eigenvalue weighted by atomic mass is 32.2. The number of aryl methyl sites for hydroxylation is 4. The van der Waals surface area contributed by atoms with E-state index in [4.69, 9.17) is 0 Å². The molecule has 7 nitrogen and oxygen atoms in total. The number of rotatable bonds is 3. The number of thiophene rings is 1. The maximum Gasteiger partial charge on any atom is 0.272 e. The van der Waals surface area contributed by atoms with Crippen molar-refractivity contribution in [1.29, 1.82) is 0 Å². The molecule has 0 aliphatic carbocycles. The fourth-order valence-corrected chi connectivity index (χ4v) is 4.60. The maximum absolute atomic E-state index is 12.5. The summed E-state index contributed by atoms with van der Waals surface area (Å²) in [5.41, 5.74) is 2.99. The number of aromatic nitrogens is 4. The summed E-state index contributed by atoms with van der Waals surface area (Å²) in [7, 11) is -3.67. The third-order valence-electron chi connectivity index (χ3n) is 3.60. The SMILES string of the molecule is Cc1cc(S(=O)(=O)Nc2n[nH]c3nnc(C)c(C)c23)sc1C. The number of sulfonamides is 1. The largest absolute Gasteiger partial charge is 0.272 e. The maximum atomic E-state index is 12.5. The normalized spacial score (nSPS) is 12.0. The van der Waals surface area contributed by atoms with Crippen molar-refractivity contribution in [3.63, 3.8) is 0 Å². The quantitative estimate of drug-likeness (QED) is 0.764. The summed E-state index contributed by atoms with van der Waals surface area (Å²) in [6.45, 7) is 7.46. The minimum Gasteiger partial charge on any atom is -0.261 e. The summed E-state index contributed by atoms with van der Waals surface area (Å²) in [6, 6.07) is 1.66. The highest BCUT2D eigenvalue weighted by molar-refractivity contribution is 7.94. The second-order valence-electron chi connectivity index (χ2n) is 5.12. The molecule has 0 aliphatic heterocycles. The summed E-state index contributed by atoms with van der Waals surface area (Å²) in [4.78, 5) is 0.977. The Morgan fingerprint density at radius 3 is 2.55 bits per heavy atom. The van der Waals surface area contributed by atoms with Gasteiger partial charge in [0.1, 0.15) is 4.21 Å². The van der Waals surface area contributed by atoms with Gasteiger partial charge in [0.25, 0.3) is 10.0 Å². The Kier molecular flexibility index (Phi) is 3.41. The van der Waals surface area contributed by atoms with Gasteiger partial charge in [-0.25, -0.2) is 8.42 Å². The van der Waals surface area contributed by atoms with Gasteiger partial charge < -0.3 is 0 Å². The van der Waals surface area contributed by atoms with E-state index in [1.165, 1.54) is 11.3 Å². The first kappa shape index (κ1) is 14.9. The third-order valence-corrected chi connectivity index (χ3v) is 6.57. The number of nitrogens with zero attached hydrogens (tertiary/aromatic N) is 3. The Bertz CT molecular complexity index is 952. The highest BCUT2D eigenvalue weighted by Crippen LogP contribution is 2.29. The van der Waals surface area contributed by atoms with Gasteiger partial charge >= 0.3 is 0 Å². The minimum atomic E-state index is -3.67. The van der Waals surface area contributed by atoms with Gasteiger partial charge in [0, 0.05) is 4.88 Å². The van der Waals surface area contributed by atoms with Gasteiger partial charge in [-0.05, 0) is 44.9 Å². The fraction of sp³-hybridized carbons (Fsp3) is 0.308. The van der Waals surface area contributed by atoms with E-state index in [1.807, 2.05) is 27.7 Å². The lowest BCUT2D eigenvalue weighted by atomic mass is 10.2. The molecule has 0 aliphatic rings. The summed E-state index contributed by atoms with van der Waals surface area (Å²) in [5, 5.41) is 15.3. The van der Waals surface area contributed by atoms with Gasteiger partial charge in [-0.3, -0.25) is 9.82 Å². The lowest BCUT2D eigenvalue weighted by Gasteiger charge is -2.05. The summed E-state index contributed by atoms with van der Waals surface area (Å²) >= 11 is 1.24. The molecule has 3 heterocycles. The molecular formula is C13H15N5O2S2. The molecule has 0 atom stereocenters. The lowest BCUT2D eigenvalue weighted by molar-refractivity contribution is 0.603. The van der Waals surface area contributed by atoms with Crippen LogP contribution in [0.2, 0.25) is 0 Å². The number of aromatic amines is 1. The lowest BCUT2D eigenvalue weighted by Crippen LogP contribution is -2.12. The Labute approximate surface area is 131 Å². The van der Waals surface area contributed by atoms with Crippen LogP contribution in [0.1, 0.15) is 21.7 Å². The van der Waals surface area contributed by atoms with Crippen LogP contribution in [0.25, 0.3) is 11.0 Å². The molecule has 0 fully saturated rings. The zero-order valence-corrected chi connectivity index (χ0v) is 14.2. The van der Waals surface area contributed by atoms with E-state index in [1.54, 1.807) is 6.07 Å². The molecule has 2 N–H and O–H groups in total. The van der Waals surface area contributed by atoms with Crippen molar-refractivity contribution < 1.29 is 8.42 Å². The predicted molar refractivity (Wildman–Crippen MR) is 85.8 cm³/mol. The molecule has 3 aromatic rings. The van der Waals surface area contributed by atoms with Crippen LogP contribution in [0.3, 0.4) is 0 Å². The van der Waals surface area contributed by atoms with Gasteiger partial charge in [0.2, 0.25) is 0 Å². The molecule has 0 amide bonds. The molecule has 0 radical (unpaired) electrons. The van der Waals surface area contributed by atoms with Crippen LogP contribution in [0.5, 0.6) is 0 Å². The van der Waals surface area contributed by atoms with Crippen LogP contribution in [-0.2, 0) is 10.0 Å². The monoisotopic (exact) mass is 337 g/mol. The van der Waals surface area contributed by atoms with E-state index in [0.29, 0.717) is 11.0 Å². The molecule has 0 bridgehead atoms. The van der Waals surface area contributed by atoms with Crippen LogP contribution in [0, 0.1) is 27.7 Å². The summed E-state index contributed by atoms with van der Waals surface area (Å²) in [6.07, 6.45) is 0. The first-order chi connectivity index (χ1) is 10.3. The number of hydrogen-bond donors (Lipinski definition) is 2. The minimum absolute atomic E-state index is 0.245. The number of anilines is 1. The average molecular weight is 337 g/mol. The molecule has 0 unspecified atom stereocenters. The second-order valence-corrected chi connectivity index (χ2v) is 8.28. The van der Waals surface area contributed by atoms with Crippen LogP contribution in [-0.4, -0.2) is 28.8 Å². The van der Waals surface area contributed by atoms with E-state index in [-0.39, 0.29) is 10.0 Å². The Morgan fingerprint density at radius 1 is 1.18 bits per heavy atom. The van der Waals surface area contributed by atoms with Crippen LogP contribution < -0.4 is 4.72 Å². The Hall–Kier alpha value is -2.00. The zero-order chi connectivity index (χ0) is 16.1. The Morgan fingerprint density at radius 2 is 1.91 bits per heavy atom. The van der Waals surface area contributed by atoms with Crippen LogP contribution in [0.4, 0.5) is 5.82 Å². The summed E-state index contributed by atoms with van der Waals surface area (Å²) in [5.74, 6) is 0.245. The third kappa shape index (κ3) is 2.35. The first-order valence-electron chi connectivity index (χ1n) is 6.57. The van der Waals surface area contributed by atoms with Gasteiger partial charge in [0.15, 0.2) is 11.5 Å². The second kappa shape index (κ2) is 5.03. The summed E-state index contributed by atoms with van der Waals surface area (Å²) < 4.78 is 27.8. The predicted octanol–water partition coefficient (Wildman–Crippen LogP) is 2.45. The molecule has 3 aromatic heterocycles. The first-order valence-corrected chi connectivity index (χ1v) is 8.87. The van der Waals surface area contributed by atoms with E-state index in [2.05, 4.69) is 25.1 Å². The van der Waals surface area contributed by atoms with Crippen LogP contribution >= 0.6 is 11.3 Å². The standard InChI is InChI=1S/C13H15N5O2S2/c1-6-5-10(21-9(6)4)22(19,20)18-13-11-7(2)8(3)14-15-12(11)16-17-13/h5H,1-4H3,(H2,15,16,17,18). The molecule has 116 valence electrons. The highest BCUT2D eigenvalue weighted by Gasteiger charge is 2.22. The molecule has 22 heavy (non-hydrogen) atoms. The smallest absolute Gasteiger partial charge is 0.261 e. The fourth-order valence-electron chi connectivity index (χ4n) is 2.06.